The predicted octanol–water partition coefficient (Wildman–Crippen LogP) is 2.49. The van der Waals surface area contributed by atoms with Gasteiger partial charge in [0.1, 0.15) is 11.5 Å². The van der Waals surface area contributed by atoms with E-state index in [9.17, 15) is 0 Å². The number of benzene rings is 1. The lowest BCUT2D eigenvalue weighted by Gasteiger charge is -2.30. The number of hydrogen-bond acceptors (Lipinski definition) is 5. The Morgan fingerprint density at radius 2 is 2.16 bits per heavy atom. The second-order valence-electron chi connectivity index (χ2n) is 4.66. The van der Waals surface area contributed by atoms with Crippen molar-refractivity contribution in [3.05, 3.63) is 23.8 Å². The molecule has 0 radical (unpaired) electrons. The van der Waals surface area contributed by atoms with E-state index in [1.165, 1.54) is 25.0 Å². The topological polar surface area (TPSA) is 56.5 Å². The Morgan fingerprint density at radius 1 is 1.32 bits per heavy atom. The maximum Gasteiger partial charge on any atom is 0.127 e. The van der Waals surface area contributed by atoms with E-state index in [1.54, 1.807) is 14.2 Å². The Hall–Kier alpha value is -0.910. The standard InChI is InChI=1S/C14H22N2O2S/c1-17-10-6-7-11(12(9-10)18-2)14(16-15)13-5-3-4-8-19-13/h6-7,9,13-14,16H,3-5,8,15H2,1-2H3. The van der Waals surface area contributed by atoms with Crippen molar-refractivity contribution in [1.29, 1.82) is 0 Å². The van der Waals surface area contributed by atoms with Crippen LogP contribution in [-0.2, 0) is 0 Å². The van der Waals surface area contributed by atoms with Crippen molar-refractivity contribution >= 4 is 11.8 Å². The number of nitrogens with one attached hydrogen (secondary N) is 1. The largest absolute Gasteiger partial charge is 0.497 e. The summed E-state index contributed by atoms with van der Waals surface area (Å²) in [7, 11) is 3.34. The molecule has 19 heavy (non-hydrogen) atoms. The SMILES string of the molecule is COc1ccc(C(NN)C2CCCCS2)c(OC)c1. The Kier molecular flexibility index (Phi) is 5.36. The van der Waals surface area contributed by atoms with Crippen LogP contribution in [0.3, 0.4) is 0 Å². The first-order chi connectivity index (χ1) is 9.30. The van der Waals surface area contributed by atoms with E-state index in [-0.39, 0.29) is 6.04 Å². The minimum absolute atomic E-state index is 0.117. The van der Waals surface area contributed by atoms with Crippen LogP contribution in [0.1, 0.15) is 30.9 Å². The average molecular weight is 282 g/mol. The quantitative estimate of drug-likeness (QED) is 0.642. The molecule has 0 aromatic heterocycles. The van der Waals surface area contributed by atoms with Crippen LogP contribution in [0.15, 0.2) is 18.2 Å². The smallest absolute Gasteiger partial charge is 0.127 e. The van der Waals surface area contributed by atoms with Gasteiger partial charge in [-0.3, -0.25) is 11.3 Å². The van der Waals surface area contributed by atoms with Crippen LogP contribution < -0.4 is 20.7 Å². The van der Waals surface area contributed by atoms with Crippen molar-refractivity contribution in [2.24, 2.45) is 5.84 Å². The Bertz CT molecular complexity index is 408. The van der Waals surface area contributed by atoms with Gasteiger partial charge in [0, 0.05) is 16.9 Å². The number of hydrogen-bond donors (Lipinski definition) is 2. The summed E-state index contributed by atoms with van der Waals surface area (Å²) in [6.45, 7) is 0. The summed E-state index contributed by atoms with van der Waals surface area (Å²) in [5, 5.41) is 0.501. The highest BCUT2D eigenvalue weighted by atomic mass is 32.2. The molecule has 0 aliphatic carbocycles. The lowest BCUT2D eigenvalue weighted by atomic mass is 9.99. The van der Waals surface area contributed by atoms with Crippen LogP contribution in [0.4, 0.5) is 0 Å². The molecule has 1 aromatic rings. The van der Waals surface area contributed by atoms with E-state index in [4.69, 9.17) is 15.3 Å². The molecule has 2 rings (SSSR count). The van der Waals surface area contributed by atoms with Gasteiger partial charge in [-0.05, 0) is 30.7 Å². The second-order valence-corrected chi connectivity index (χ2v) is 6.00. The molecular formula is C14H22N2O2S. The fourth-order valence-corrected chi connectivity index (χ4v) is 3.93. The van der Waals surface area contributed by atoms with Gasteiger partial charge in [0.05, 0.1) is 20.3 Å². The molecule has 1 aromatic carbocycles. The molecule has 0 amide bonds. The Labute approximate surface area is 119 Å². The van der Waals surface area contributed by atoms with Gasteiger partial charge in [-0.1, -0.05) is 6.42 Å². The molecule has 1 saturated heterocycles. The van der Waals surface area contributed by atoms with Gasteiger partial charge in [0.2, 0.25) is 0 Å². The molecule has 2 unspecified atom stereocenters. The van der Waals surface area contributed by atoms with Gasteiger partial charge >= 0.3 is 0 Å². The molecule has 0 bridgehead atoms. The molecule has 106 valence electrons. The lowest BCUT2D eigenvalue weighted by Crippen LogP contribution is -2.36. The fourth-order valence-electron chi connectivity index (χ4n) is 2.50. The zero-order chi connectivity index (χ0) is 13.7. The van der Waals surface area contributed by atoms with Crippen LogP contribution in [0.2, 0.25) is 0 Å². The van der Waals surface area contributed by atoms with Gasteiger partial charge in [0.15, 0.2) is 0 Å². The first kappa shape index (κ1) is 14.5. The van der Waals surface area contributed by atoms with E-state index >= 15 is 0 Å². The lowest BCUT2D eigenvalue weighted by molar-refractivity contribution is 0.381. The molecule has 1 aliphatic heterocycles. The maximum absolute atomic E-state index is 5.78. The van der Waals surface area contributed by atoms with E-state index in [2.05, 4.69) is 5.43 Å². The van der Waals surface area contributed by atoms with Gasteiger partial charge in [-0.25, -0.2) is 0 Å². The van der Waals surface area contributed by atoms with E-state index in [0.717, 1.165) is 17.1 Å². The third-order valence-electron chi connectivity index (χ3n) is 3.54. The van der Waals surface area contributed by atoms with Gasteiger partial charge in [-0.2, -0.15) is 11.8 Å². The van der Waals surface area contributed by atoms with Crippen molar-refractivity contribution in [3.8, 4) is 11.5 Å². The molecule has 1 aliphatic rings. The zero-order valence-electron chi connectivity index (χ0n) is 11.5. The molecular weight excluding hydrogens is 260 g/mol. The number of ether oxygens (including phenoxy) is 2. The summed E-state index contributed by atoms with van der Waals surface area (Å²) in [5.41, 5.74) is 4.06. The molecule has 0 saturated carbocycles. The molecule has 1 fully saturated rings. The predicted molar refractivity (Wildman–Crippen MR) is 79.7 cm³/mol. The molecule has 0 spiro atoms. The number of nitrogens with two attached hydrogens (primary N) is 1. The minimum Gasteiger partial charge on any atom is -0.497 e. The van der Waals surface area contributed by atoms with Gasteiger partial charge in [-0.15, -0.1) is 0 Å². The highest BCUT2D eigenvalue weighted by Gasteiger charge is 2.27. The normalized spacial score (nSPS) is 20.9. The van der Waals surface area contributed by atoms with Crippen molar-refractivity contribution in [2.75, 3.05) is 20.0 Å². The van der Waals surface area contributed by atoms with Gasteiger partial charge in [0.25, 0.3) is 0 Å². The molecule has 4 nitrogen and oxygen atoms in total. The number of thioether (sulfide) groups is 1. The number of methoxy groups -OCH3 is 2. The highest BCUT2D eigenvalue weighted by Crippen LogP contribution is 2.38. The van der Waals surface area contributed by atoms with Crippen LogP contribution >= 0.6 is 11.8 Å². The summed E-state index contributed by atoms with van der Waals surface area (Å²) in [5.74, 6) is 8.62. The van der Waals surface area contributed by atoms with Crippen LogP contribution in [0.5, 0.6) is 11.5 Å². The molecule has 3 N–H and O–H groups in total. The molecule has 1 heterocycles. The van der Waals surface area contributed by atoms with Crippen LogP contribution in [0.25, 0.3) is 0 Å². The van der Waals surface area contributed by atoms with Crippen LogP contribution in [-0.4, -0.2) is 25.2 Å². The number of rotatable bonds is 5. The van der Waals surface area contributed by atoms with Crippen LogP contribution in [0, 0.1) is 0 Å². The van der Waals surface area contributed by atoms with Crippen molar-refractivity contribution in [1.82, 2.24) is 5.43 Å². The monoisotopic (exact) mass is 282 g/mol. The number of hydrazine groups is 1. The highest BCUT2D eigenvalue weighted by molar-refractivity contribution is 8.00. The van der Waals surface area contributed by atoms with Crippen molar-refractivity contribution in [3.63, 3.8) is 0 Å². The third kappa shape index (κ3) is 3.35. The summed E-state index contributed by atoms with van der Waals surface area (Å²) >= 11 is 1.99. The minimum atomic E-state index is 0.117. The molecule has 5 heteroatoms. The third-order valence-corrected chi connectivity index (χ3v) is 5.00. The average Bonchev–Trinajstić information content (AvgIpc) is 2.49. The van der Waals surface area contributed by atoms with Crippen molar-refractivity contribution < 1.29 is 9.47 Å². The second kappa shape index (κ2) is 7.03. The first-order valence-electron chi connectivity index (χ1n) is 6.59. The van der Waals surface area contributed by atoms with Gasteiger partial charge < -0.3 is 9.47 Å². The van der Waals surface area contributed by atoms with E-state index in [0.29, 0.717) is 5.25 Å². The fraction of sp³-hybridized carbons (Fsp3) is 0.571. The summed E-state index contributed by atoms with van der Waals surface area (Å²) in [6.07, 6.45) is 3.77. The Morgan fingerprint density at radius 3 is 2.74 bits per heavy atom. The van der Waals surface area contributed by atoms with E-state index < -0.39 is 0 Å². The summed E-state index contributed by atoms with van der Waals surface area (Å²) in [4.78, 5) is 0. The summed E-state index contributed by atoms with van der Waals surface area (Å²) in [6, 6.07) is 6.02. The first-order valence-corrected chi connectivity index (χ1v) is 7.64. The molecule has 2 atom stereocenters. The zero-order valence-corrected chi connectivity index (χ0v) is 12.3. The maximum atomic E-state index is 5.78. The van der Waals surface area contributed by atoms with E-state index in [1.807, 2.05) is 30.0 Å². The van der Waals surface area contributed by atoms with Crippen molar-refractivity contribution in [2.45, 2.75) is 30.6 Å². The summed E-state index contributed by atoms with van der Waals surface area (Å²) < 4.78 is 10.7. The Balaban J connectivity index is 2.26.